The molecule has 4 N–H and O–H groups in total. The predicted molar refractivity (Wildman–Crippen MR) is 156 cm³/mol. The lowest BCUT2D eigenvalue weighted by atomic mass is 10.0. The van der Waals surface area contributed by atoms with Crippen LogP contribution in [0.4, 0.5) is 11.5 Å². The molecule has 0 spiro atoms. The molecule has 5 aromatic rings. The number of carbonyl (C=O) groups excluding carboxylic acids is 1. The number of hydrogen-bond donors (Lipinski definition) is 3. The molecule has 4 heterocycles. The number of nitrogens with zero attached hydrogens (tertiary/aromatic N) is 5. The van der Waals surface area contributed by atoms with E-state index in [-0.39, 0.29) is 23.1 Å². The Morgan fingerprint density at radius 1 is 1.05 bits per heavy atom. The van der Waals surface area contributed by atoms with Gasteiger partial charge in [-0.15, -0.1) is 0 Å². The van der Waals surface area contributed by atoms with E-state index in [4.69, 9.17) is 5.73 Å². The quantitative estimate of drug-likeness (QED) is 0.302. The molecule has 1 fully saturated rings. The first-order valence-corrected chi connectivity index (χ1v) is 14.1. The summed E-state index contributed by atoms with van der Waals surface area (Å²) in [6, 6.07) is 19.0. The van der Waals surface area contributed by atoms with Gasteiger partial charge in [0.25, 0.3) is 11.5 Å². The number of amides is 1. The number of carbonyl (C=O) groups is 1. The second-order valence-electron chi connectivity index (χ2n) is 10.9. The van der Waals surface area contributed by atoms with Gasteiger partial charge in [-0.25, -0.2) is 14.2 Å². The molecule has 10 heteroatoms. The standard InChI is InChI=1S/C31H31N7O3/c32-29-28-24(17-26(37(28)34-18-33-29)20-11-14-23(39)16-20)19-9-12-21(13-10-19)35-30(40)27-25-8-4-5-15-36(25)38(31(27)41)22-6-2-1-3-7-22/h1-3,6-7,9-10,12-13,17-18,20,23,39H,4-5,8,11,14-16H2,(H,35,40)(H2,32,33,34). The first-order chi connectivity index (χ1) is 20.0. The van der Waals surface area contributed by atoms with Crippen LogP contribution < -0.4 is 16.6 Å². The molecule has 0 saturated heterocycles. The molecule has 1 amide bonds. The minimum absolute atomic E-state index is 0.187. The number of aliphatic hydroxyl groups is 1. The van der Waals surface area contributed by atoms with E-state index >= 15 is 0 Å². The second-order valence-corrected chi connectivity index (χ2v) is 10.9. The Kier molecular flexibility index (Phi) is 6.19. The lowest BCUT2D eigenvalue weighted by molar-refractivity contribution is 0.102. The fraction of sp³-hybridized carbons (Fsp3) is 0.290. The Morgan fingerprint density at radius 2 is 1.85 bits per heavy atom. The summed E-state index contributed by atoms with van der Waals surface area (Å²) < 4.78 is 5.41. The minimum Gasteiger partial charge on any atom is -0.393 e. The van der Waals surface area contributed by atoms with Crippen molar-refractivity contribution in [2.45, 2.75) is 57.1 Å². The van der Waals surface area contributed by atoms with E-state index in [0.29, 0.717) is 30.9 Å². The summed E-state index contributed by atoms with van der Waals surface area (Å²) in [6.07, 6.45) is 6.07. The normalized spacial score (nSPS) is 18.5. The molecule has 208 valence electrons. The number of nitrogens with one attached hydrogen (secondary N) is 1. The van der Waals surface area contributed by atoms with Gasteiger partial charge in [0.05, 0.1) is 17.5 Å². The summed E-state index contributed by atoms with van der Waals surface area (Å²) in [6.45, 7) is 0.696. The van der Waals surface area contributed by atoms with E-state index in [1.54, 1.807) is 4.68 Å². The average molecular weight is 550 g/mol. The van der Waals surface area contributed by atoms with Gasteiger partial charge in [-0.05, 0) is 74.4 Å². The van der Waals surface area contributed by atoms with Crippen molar-refractivity contribution in [3.63, 3.8) is 0 Å². The average Bonchev–Trinajstić information content (AvgIpc) is 3.67. The van der Waals surface area contributed by atoms with Crippen molar-refractivity contribution >= 4 is 22.9 Å². The maximum absolute atomic E-state index is 13.6. The summed E-state index contributed by atoms with van der Waals surface area (Å²) in [7, 11) is 0. The highest BCUT2D eigenvalue weighted by atomic mass is 16.3. The van der Waals surface area contributed by atoms with E-state index in [9.17, 15) is 14.7 Å². The Labute approximate surface area is 236 Å². The first kappa shape index (κ1) is 25.3. The van der Waals surface area contributed by atoms with Crippen LogP contribution in [0.5, 0.6) is 0 Å². The van der Waals surface area contributed by atoms with Crippen molar-refractivity contribution in [3.05, 3.63) is 94.3 Å². The third-order valence-electron chi connectivity index (χ3n) is 8.40. The van der Waals surface area contributed by atoms with Crippen LogP contribution in [0.15, 0.2) is 71.8 Å². The number of nitrogens with two attached hydrogens (primary N) is 1. The number of anilines is 2. The van der Waals surface area contributed by atoms with Gasteiger partial charge in [0.15, 0.2) is 5.82 Å². The second kappa shape index (κ2) is 10.0. The predicted octanol–water partition coefficient (Wildman–Crippen LogP) is 4.15. The number of nitrogen functional groups attached to an aromatic ring is 1. The van der Waals surface area contributed by atoms with Crippen molar-refractivity contribution in [1.29, 1.82) is 0 Å². The highest BCUT2D eigenvalue weighted by Crippen LogP contribution is 2.39. The number of aromatic nitrogens is 5. The molecule has 0 bridgehead atoms. The third kappa shape index (κ3) is 4.31. The molecule has 2 aromatic carbocycles. The third-order valence-corrected chi connectivity index (χ3v) is 8.40. The summed E-state index contributed by atoms with van der Waals surface area (Å²) >= 11 is 0. The number of aliphatic hydroxyl groups excluding tert-OH is 1. The van der Waals surface area contributed by atoms with Crippen LogP contribution in [0, 0.1) is 0 Å². The summed E-state index contributed by atoms with van der Waals surface area (Å²) in [4.78, 5) is 31.3. The Morgan fingerprint density at radius 3 is 2.61 bits per heavy atom. The lowest BCUT2D eigenvalue weighted by Crippen LogP contribution is -2.25. The molecule has 10 nitrogen and oxygen atoms in total. The summed E-state index contributed by atoms with van der Waals surface area (Å²) in [5.41, 5.74) is 11.8. The fourth-order valence-corrected chi connectivity index (χ4v) is 6.44. The Balaban J connectivity index is 1.20. The molecule has 1 saturated carbocycles. The van der Waals surface area contributed by atoms with Crippen LogP contribution in [0.3, 0.4) is 0 Å². The van der Waals surface area contributed by atoms with E-state index < -0.39 is 5.91 Å². The van der Waals surface area contributed by atoms with Gasteiger partial charge < -0.3 is 16.2 Å². The summed E-state index contributed by atoms with van der Waals surface area (Å²) in [5.74, 6) is 0.162. The minimum atomic E-state index is -0.405. The number of rotatable bonds is 5. The number of hydrogen-bond acceptors (Lipinski definition) is 6. The number of fused-ring (bicyclic) bond motifs is 2. The fourth-order valence-electron chi connectivity index (χ4n) is 6.44. The van der Waals surface area contributed by atoms with Gasteiger partial charge in [-0.1, -0.05) is 30.3 Å². The van der Waals surface area contributed by atoms with Crippen LogP contribution >= 0.6 is 0 Å². The largest absolute Gasteiger partial charge is 0.393 e. The molecule has 1 aliphatic heterocycles. The smallest absolute Gasteiger partial charge is 0.284 e. The van der Waals surface area contributed by atoms with Crippen molar-refractivity contribution in [2.24, 2.45) is 0 Å². The zero-order valence-corrected chi connectivity index (χ0v) is 22.5. The molecule has 7 rings (SSSR count). The van der Waals surface area contributed by atoms with Crippen molar-refractivity contribution in [3.8, 4) is 16.8 Å². The van der Waals surface area contributed by atoms with Gasteiger partial charge in [-0.2, -0.15) is 5.10 Å². The molecular formula is C31H31N7O3. The van der Waals surface area contributed by atoms with E-state index in [0.717, 1.165) is 59.4 Å². The van der Waals surface area contributed by atoms with Crippen LogP contribution in [-0.4, -0.2) is 41.1 Å². The highest BCUT2D eigenvalue weighted by molar-refractivity contribution is 6.05. The number of benzene rings is 2. The van der Waals surface area contributed by atoms with Crippen LogP contribution in [0.25, 0.3) is 22.3 Å². The van der Waals surface area contributed by atoms with E-state index in [1.165, 1.54) is 6.33 Å². The van der Waals surface area contributed by atoms with Crippen molar-refractivity contribution in [2.75, 3.05) is 11.1 Å². The summed E-state index contributed by atoms with van der Waals surface area (Å²) in [5, 5.41) is 17.5. The van der Waals surface area contributed by atoms with Gasteiger partial charge in [0.2, 0.25) is 0 Å². The topological polar surface area (TPSA) is 132 Å². The van der Waals surface area contributed by atoms with Gasteiger partial charge in [0, 0.05) is 29.4 Å². The van der Waals surface area contributed by atoms with E-state index in [2.05, 4.69) is 21.5 Å². The molecule has 0 radical (unpaired) electrons. The molecule has 2 aliphatic rings. The maximum atomic E-state index is 13.6. The Bertz CT molecular complexity index is 1820. The molecule has 2 atom stereocenters. The van der Waals surface area contributed by atoms with Gasteiger partial charge in [-0.3, -0.25) is 14.3 Å². The van der Waals surface area contributed by atoms with Gasteiger partial charge in [0.1, 0.15) is 17.4 Å². The van der Waals surface area contributed by atoms with Crippen molar-refractivity contribution in [1.82, 2.24) is 24.0 Å². The van der Waals surface area contributed by atoms with Gasteiger partial charge >= 0.3 is 0 Å². The molecule has 1 aliphatic carbocycles. The SMILES string of the molecule is Nc1ncnn2c(C3CCC(O)C3)cc(-c3ccc(NC(=O)c4c5n(n(-c6ccccc6)c4=O)CCCC5)cc3)c12. The van der Waals surface area contributed by atoms with Crippen LogP contribution in [-0.2, 0) is 13.0 Å². The molecule has 41 heavy (non-hydrogen) atoms. The van der Waals surface area contributed by atoms with E-state index in [1.807, 2.05) is 63.8 Å². The monoisotopic (exact) mass is 549 g/mol. The zero-order valence-electron chi connectivity index (χ0n) is 22.5. The van der Waals surface area contributed by atoms with Crippen LogP contribution in [0.2, 0.25) is 0 Å². The highest BCUT2D eigenvalue weighted by Gasteiger charge is 2.29. The maximum Gasteiger partial charge on any atom is 0.284 e. The first-order valence-electron chi connectivity index (χ1n) is 14.1. The molecule has 3 aromatic heterocycles. The number of para-hydroxylation sites is 1. The molecule has 2 unspecified atom stereocenters. The molecular weight excluding hydrogens is 518 g/mol. The Hall–Kier alpha value is -4.70. The lowest BCUT2D eigenvalue weighted by Gasteiger charge is -2.19. The zero-order chi connectivity index (χ0) is 28.1. The van der Waals surface area contributed by atoms with Crippen molar-refractivity contribution < 1.29 is 9.90 Å². The van der Waals surface area contributed by atoms with Crippen LogP contribution in [0.1, 0.15) is 59.8 Å².